The number of hydrogen-bond acceptors (Lipinski definition) is 5. The van der Waals surface area contributed by atoms with E-state index in [1.165, 1.54) is 12.4 Å². The Labute approximate surface area is 98.8 Å². The van der Waals surface area contributed by atoms with Gasteiger partial charge in [0.05, 0.1) is 11.3 Å². The lowest BCUT2D eigenvalue weighted by atomic mass is 10.2. The highest BCUT2D eigenvalue weighted by atomic mass is 16.2. The topological polar surface area (TPSA) is 109 Å². The van der Waals surface area contributed by atoms with Crippen LogP contribution in [0, 0.1) is 0 Å². The van der Waals surface area contributed by atoms with Crippen molar-refractivity contribution in [2.24, 2.45) is 5.84 Å². The average molecular weight is 237 g/mol. The highest BCUT2D eigenvalue weighted by Crippen LogP contribution is 2.11. The molecule has 0 saturated carbocycles. The van der Waals surface area contributed by atoms with Crippen LogP contribution in [0.5, 0.6) is 0 Å². The first-order valence-corrected chi connectivity index (χ1v) is 5.08. The molecule has 1 aromatic heterocycles. The van der Waals surface area contributed by atoms with Gasteiger partial charge in [-0.3, -0.25) is 20.4 Å². The molecule has 1 aromatic rings. The first-order chi connectivity index (χ1) is 8.19. The molecule has 1 rings (SSSR count). The molecule has 17 heavy (non-hydrogen) atoms. The molecule has 7 heteroatoms. The van der Waals surface area contributed by atoms with Crippen molar-refractivity contribution < 1.29 is 9.59 Å². The fourth-order valence-corrected chi connectivity index (χ4v) is 1.21. The van der Waals surface area contributed by atoms with Crippen LogP contribution < -0.4 is 21.9 Å². The number of nitrogens with one attached hydrogen (secondary N) is 3. The summed E-state index contributed by atoms with van der Waals surface area (Å²) in [5, 5.41) is 5.07. The van der Waals surface area contributed by atoms with Gasteiger partial charge in [0.25, 0.3) is 5.91 Å². The maximum atomic E-state index is 11.7. The van der Waals surface area contributed by atoms with Crippen LogP contribution in [0.1, 0.15) is 16.8 Å². The molecule has 0 bridgehead atoms. The van der Waals surface area contributed by atoms with Gasteiger partial charge in [0.1, 0.15) is 0 Å². The number of nitrogens with zero attached hydrogens (tertiary/aromatic N) is 1. The van der Waals surface area contributed by atoms with Crippen LogP contribution in [0.4, 0.5) is 5.69 Å². The number of anilines is 1. The summed E-state index contributed by atoms with van der Waals surface area (Å²) in [5.41, 5.74) is 3.23. The number of hydrogen-bond donors (Lipinski definition) is 4. The van der Waals surface area contributed by atoms with Crippen molar-refractivity contribution in [2.45, 2.75) is 6.42 Å². The number of carbonyl (C=O) groups is 2. The van der Waals surface area contributed by atoms with Crippen molar-refractivity contribution in [1.82, 2.24) is 15.6 Å². The summed E-state index contributed by atoms with van der Waals surface area (Å²) >= 11 is 0. The summed E-state index contributed by atoms with van der Waals surface area (Å²) in [6.45, 7) is 0.261. The van der Waals surface area contributed by atoms with Gasteiger partial charge in [0, 0.05) is 32.4 Å². The highest BCUT2D eigenvalue weighted by molar-refractivity contribution is 5.99. The first kappa shape index (κ1) is 12.9. The fraction of sp³-hybridized carbons (Fsp3) is 0.300. The molecule has 7 nitrogen and oxygen atoms in total. The number of hydrazine groups is 1. The third-order valence-corrected chi connectivity index (χ3v) is 2.14. The summed E-state index contributed by atoms with van der Waals surface area (Å²) in [6, 6.07) is 1.59. The van der Waals surface area contributed by atoms with Gasteiger partial charge in [-0.15, -0.1) is 0 Å². The van der Waals surface area contributed by atoms with Crippen LogP contribution in [0.25, 0.3) is 0 Å². The van der Waals surface area contributed by atoms with Crippen molar-refractivity contribution in [3.63, 3.8) is 0 Å². The van der Waals surface area contributed by atoms with Gasteiger partial charge in [-0.25, -0.2) is 0 Å². The van der Waals surface area contributed by atoms with E-state index >= 15 is 0 Å². The summed E-state index contributed by atoms with van der Waals surface area (Å²) < 4.78 is 0. The van der Waals surface area contributed by atoms with E-state index in [2.05, 4.69) is 21.0 Å². The van der Waals surface area contributed by atoms with Crippen LogP contribution in [0.3, 0.4) is 0 Å². The highest BCUT2D eigenvalue weighted by Gasteiger charge is 2.10. The van der Waals surface area contributed by atoms with Crippen molar-refractivity contribution in [3.8, 4) is 0 Å². The summed E-state index contributed by atoms with van der Waals surface area (Å²) in [4.78, 5) is 26.5. The van der Waals surface area contributed by atoms with Gasteiger partial charge in [-0.2, -0.15) is 0 Å². The number of aromatic nitrogens is 1. The number of rotatable bonds is 5. The van der Waals surface area contributed by atoms with E-state index in [0.717, 1.165) is 0 Å². The molecular formula is C10H15N5O2. The largest absolute Gasteiger partial charge is 0.359 e. The average Bonchev–Trinajstić information content (AvgIpc) is 2.38. The second-order valence-corrected chi connectivity index (χ2v) is 3.24. The Morgan fingerprint density at radius 2 is 2.24 bits per heavy atom. The van der Waals surface area contributed by atoms with Gasteiger partial charge in [0.15, 0.2) is 0 Å². The van der Waals surface area contributed by atoms with E-state index in [4.69, 9.17) is 5.84 Å². The van der Waals surface area contributed by atoms with Gasteiger partial charge >= 0.3 is 0 Å². The normalized spacial score (nSPS) is 9.53. The van der Waals surface area contributed by atoms with Crippen LogP contribution in [-0.2, 0) is 4.79 Å². The molecule has 0 spiro atoms. The molecule has 1 heterocycles. The molecule has 0 aromatic carbocycles. The van der Waals surface area contributed by atoms with Gasteiger partial charge < -0.3 is 16.1 Å². The maximum absolute atomic E-state index is 11.7. The predicted octanol–water partition coefficient (Wildman–Crippen LogP) is -0.767. The fourth-order valence-electron chi connectivity index (χ4n) is 1.21. The van der Waals surface area contributed by atoms with Crippen molar-refractivity contribution >= 4 is 17.5 Å². The molecule has 0 saturated heterocycles. The molecular weight excluding hydrogens is 222 g/mol. The second-order valence-electron chi connectivity index (χ2n) is 3.24. The third kappa shape index (κ3) is 3.72. The molecule has 0 aliphatic carbocycles. The minimum Gasteiger partial charge on any atom is -0.359 e. The quantitative estimate of drug-likeness (QED) is 0.397. The first-order valence-electron chi connectivity index (χ1n) is 5.08. The zero-order chi connectivity index (χ0) is 12.7. The van der Waals surface area contributed by atoms with E-state index in [0.29, 0.717) is 11.3 Å². The number of carbonyl (C=O) groups excluding carboxylic acids is 2. The second kappa shape index (κ2) is 6.44. The van der Waals surface area contributed by atoms with Crippen LogP contribution in [0.2, 0.25) is 0 Å². The zero-order valence-electron chi connectivity index (χ0n) is 9.49. The van der Waals surface area contributed by atoms with Gasteiger partial charge in [-0.1, -0.05) is 0 Å². The number of pyridine rings is 1. The predicted molar refractivity (Wildman–Crippen MR) is 63.1 cm³/mol. The minimum atomic E-state index is -0.324. The summed E-state index contributed by atoms with van der Waals surface area (Å²) in [7, 11) is 1.54. The monoisotopic (exact) mass is 237 g/mol. The Bertz CT molecular complexity index is 407. The molecule has 92 valence electrons. The zero-order valence-corrected chi connectivity index (χ0v) is 9.49. The lowest BCUT2D eigenvalue weighted by Crippen LogP contribution is -2.30. The van der Waals surface area contributed by atoms with Crippen molar-refractivity contribution in [1.29, 1.82) is 0 Å². The van der Waals surface area contributed by atoms with E-state index in [9.17, 15) is 9.59 Å². The van der Waals surface area contributed by atoms with Crippen LogP contribution in [0.15, 0.2) is 18.5 Å². The molecule has 0 radical (unpaired) electrons. The lowest BCUT2D eigenvalue weighted by Gasteiger charge is -2.08. The van der Waals surface area contributed by atoms with Crippen molar-refractivity contribution in [3.05, 3.63) is 24.0 Å². The smallest absolute Gasteiger partial charge is 0.255 e. The third-order valence-electron chi connectivity index (χ3n) is 2.14. The molecule has 0 aliphatic heterocycles. The molecule has 5 N–H and O–H groups in total. The molecule has 0 atom stereocenters. The Morgan fingerprint density at radius 3 is 2.88 bits per heavy atom. The SMILES string of the molecule is CNC(=O)CCNC(=O)c1cnccc1NN. The molecule has 0 aliphatic rings. The minimum absolute atomic E-state index is 0.131. The van der Waals surface area contributed by atoms with Crippen molar-refractivity contribution in [2.75, 3.05) is 19.0 Å². The summed E-state index contributed by atoms with van der Waals surface area (Å²) in [5.74, 6) is 4.81. The lowest BCUT2D eigenvalue weighted by molar-refractivity contribution is -0.120. The molecule has 0 unspecified atom stereocenters. The van der Waals surface area contributed by atoms with E-state index in [-0.39, 0.29) is 24.8 Å². The number of amides is 2. The van der Waals surface area contributed by atoms with Gasteiger partial charge in [0.2, 0.25) is 5.91 Å². The Balaban J connectivity index is 2.55. The van der Waals surface area contributed by atoms with E-state index in [1.54, 1.807) is 13.1 Å². The van der Waals surface area contributed by atoms with Crippen LogP contribution in [-0.4, -0.2) is 30.4 Å². The van der Waals surface area contributed by atoms with Gasteiger partial charge in [-0.05, 0) is 6.07 Å². The Kier molecular flexibility index (Phi) is 4.89. The molecule has 0 fully saturated rings. The maximum Gasteiger partial charge on any atom is 0.255 e. The van der Waals surface area contributed by atoms with E-state index in [1.807, 2.05) is 0 Å². The standard InChI is InChI=1S/C10H15N5O2/c1-12-9(16)3-5-14-10(17)7-6-13-4-2-8(7)15-11/h2,4,6H,3,5,11H2,1H3,(H,12,16)(H,13,15)(H,14,17). The Morgan fingerprint density at radius 1 is 1.47 bits per heavy atom. The molecule has 2 amide bonds. The van der Waals surface area contributed by atoms with Crippen LogP contribution >= 0.6 is 0 Å². The number of nitrogens with two attached hydrogens (primary N) is 1. The van der Waals surface area contributed by atoms with E-state index < -0.39 is 0 Å². The Hall–Kier alpha value is -2.15. The number of nitrogen functional groups attached to an aromatic ring is 1. The summed E-state index contributed by atoms with van der Waals surface area (Å²) in [6.07, 6.45) is 3.16.